The van der Waals surface area contributed by atoms with Gasteiger partial charge in [-0.1, -0.05) is 42.3 Å². The zero-order valence-corrected chi connectivity index (χ0v) is 19.4. The second-order valence-electron chi connectivity index (χ2n) is 9.05. The number of methoxy groups -OCH3 is 1. The van der Waals surface area contributed by atoms with Gasteiger partial charge in [-0.2, -0.15) is 0 Å². The number of Topliss-reactive ketones (excluding diaryl/α,β-unsaturated/α-hetero) is 1. The van der Waals surface area contributed by atoms with Crippen LogP contribution in [0.15, 0.2) is 36.4 Å². The Kier molecular flexibility index (Phi) is 6.16. The highest BCUT2D eigenvalue weighted by Gasteiger charge is 2.49. The van der Waals surface area contributed by atoms with Crippen molar-refractivity contribution < 1.29 is 9.53 Å². The molecule has 0 saturated carbocycles. The fourth-order valence-corrected chi connectivity index (χ4v) is 5.86. The average molecular weight is 446 g/mol. The molecule has 2 aromatic rings. The van der Waals surface area contributed by atoms with Gasteiger partial charge < -0.3 is 9.64 Å². The van der Waals surface area contributed by atoms with Gasteiger partial charge in [0.1, 0.15) is 11.5 Å². The van der Waals surface area contributed by atoms with Gasteiger partial charge in [-0.25, -0.2) is 0 Å². The van der Waals surface area contributed by atoms with Crippen LogP contribution in [0, 0.1) is 5.92 Å². The number of rotatable bonds is 6. The maximum absolute atomic E-state index is 12.8. The van der Waals surface area contributed by atoms with Crippen molar-refractivity contribution in [3.63, 3.8) is 0 Å². The second-order valence-corrected chi connectivity index (χ2v) is 9.87. The minimum atomic E-state index is 0.0726. The predicted octanol–water partition coefficient (Wildman–Crippen LogP) is 5.73. The van der Waals surface area contributed by atoms with Gasteiger partial charge >= 0.3 is 0 Å². The third kappa shape index (κ3) is 4.00. The average Bonchev–Trinajstić information content (AvgIpc) is 2.73. The largest absolute Gasteiger partial charge is 0.497 e. The first-order chi connectivity index (χ1) is 14.3. The minimum Gasteiger partial charge on any atom is -0.497 e. The van der Waals surface area contributed by atoms with Crippen LogP contribution in [0.2, 0.25) is 10.0 Å². The van der Waals surface area contributed by atoms with E-state index in [4.69, 9.17) is 27.9 Å². The number of likely N-dealkylation sites (tertiary alicyclic amines) is 1. The number of fused-ring (bicyclic) bond motifs is 4. The highest BCUT2D eigenvalue weighted by molar-refractivity contribution is 6.42. The fraction of sp³-hybridized carbons (Fsp3) is 0.480. The summed E-state index contributed by atoms with van der Waals surface area (Å²) in [6, 6.07) is 12.4. The molecule has 1 saturated heterocycles. The number of hydrogen-bond donors (Lipinski definition) is 0. The van der Waals surface area contributed by atoms with Gasteiger partial charge in [-0.05, 0) is 85.1 Å². The second kappa shape index (κ2) is 8.53. The van der Waals surface area contributed by atoms with Gasteiger partial charge in [0.15, 0.2) is 0 Å². The number of ether oxygens (including phenoxy) is 1. The summed E-state index contributed by atoms with van der Waals surface area (Å²) in [5, 5.41) is 1.02. The minimum absolute atomic E-state index is 0.0726. The Morgan fingerprint density at radius 1 is 1.20 bits per heavy atom. The van der Waals surface area contributed by atoms with Crippen LogP contribution < -0.4 is 4.74 Å². The molecule has 160 valence electrons. The Morgan fingerprint density at radius 2 is 2.00 bits per heavy atom. The molecule has 3 nitrogen and oxygen atoms in total. The van der Waals surface area contributed by atoms with E-state index >= 15 is 0 Å². The monoisotopic (exact) mass is 445 g/mol. The summed E-state index contributed by atoms with van der Waals surface area (Å²) in [5.41, 5.74) is 3.83. The number of piperidine rings is 1. The number of halogens is 2. The van der Waals surface area contributed by atoms with Crippen LogP contribution in [0.5, 0.6) is 5.75 Å². The Bertz CT molecular complexity index is 960. The molecule has 0 aromatic heterocycles. The molecule has 1 aliphatic heterocycles. The van der Waals surface area contributed by atoms with Crippen molar-refractivity contribution in [3.05, 3.63) is 63.1 Å². The smallest absolute Gasteiger partial charge is 0.137 e. The number of carbonyl (C=O) groups is 1. The van der Waals surface area contributed by atoms with Gasteiger partial charge in [0.25, 0.3) is 0 Å². The van der Waals surface area contributed by atoms with Crippen LogP contribution in [-0.2, 0) is 23.1 Å². The van der Waals surface area contributed by atoms with Crippen molar-refractivity contribution >= 4 is 29.0 Å². The third-order valence-electron chi connectivity index (χ3n) is 7.31. The summed E-state index contributed by atoms with van der Waals surface area (Å²) in [5.74, 6) is 1.63. The molecule has 1 unspecified atom stereocenters. The number of carbonyl (C=O) groups excluding carboxylic acids is 1. The van der Waals surface area contributed by atoms with Crippen molar-refractivity contribution in [2.75, 3.05) is 20.7 Å². The molecule has 2 aliphatic rings. The molecule has 0 radical (unpaired) electrons. The quantitative estimate of drug-likeness (QED) is 0.568. The van der Waals surface area contributed by atoms with E-state index in [9.17, 15) is 4.79 Å². The first-order valence-corrected chi connectivity index (χ1v) is 11.4. The van der Waals surface area contributed by atoms with E-state index in [0.29, 0.717) is 34.8 Å². The molecule has 4 rings (SSSR count). The molecular formula is C25H29Cl2NO2. The van der Waals surface area contributed by atoms with Gasteiger partial charge in [-0.3, -0.25) is 4.79 Å². The van der Waals surface area contributed by atoms with Crippen molar-refractivity contribution in [2.24, 2.45) is 5.92 Å². The highest BCUT2D eigenvalue weighted by Crippen LogP contribution is 2.50. The normalized spacial score (nSPS) is 25.6. The van der Waals surface area contributed by atoms with Gasteiger partial charge in [-0.15, -0.1) is 0 Å². The number of benzene rings is 2. The molecule has 0 amide bonds. The highest BCUT2D eigenvalue weighted by atomic mass is 35.5. The van der Waals surface area contributed by atoms with E-state index in [1.54, 1.807) is 19.2 Å². The van der Waals surface area contributed by atoms with Crippen LogP contribution in [0.3, 0.4) is 0 Å². The van der Waals surface area contributed by atoms with Gasteiger partial charge in [0, 0.05) is 18.9 Å². The number of nitrogens with zero attached hydrogens (tertiary/aromatic N) is 1. The molecule has 2 bridgehead atoms. The van der Waals surface area contributed by atoms with E-state index in [1.807, 2.05) is 6.07 Å². The molecule has 0 N–H and O–H groups in total. The lowest BCUT2D eigenvalue weighted by Crippen LogP contribution is -2.57. The summed E-state index contributed by atoms with van der Waals surface area (Å²) in [7, 11) is 3.95. The Hall–Kier alpha value is -1.55. The fourth-order valence-electron chi connectivity index (χ4n) is 5.53. The van der Waals surface area contributed by atoms with E-state index < -0.39 is 0 Å². The third-order valence-corrected chi connectivity index (χ3v) is 8.05. The first-order valence-electron chi connectivity index (χ1n) is 10.6. The van der Waals surface area contributed by atoms with E-state index in [-0.39, 0.29) is 11.2 Å². The maximum Gasteiger partial charge on any atom is 0.137 e. The van der Waals surface area contributed by atoms with Crippen LogP contribution in [0.4, 0.5) is 0 Å². The van der Waals surface area contributed by atoms with Gasteiger partial charge in [0.05, 0.1) is 17.2 Å². The summed E-state index contributed by atoms with van der Waals surface area (Å²) in [6.07, 6.45) is 4.04. The predicted molar refractivity (Wildman–Crippen MR) is 123 cm³/mol. The molecule has 3 atom stereocenters. The van der Waals surface area contributed by atoms with E-state index in [1.165, 1.54) is 11.1 Å². The van der Waals surface area contributed by atoms with Crippen molar-refractivity contribution in [1.29, 1.82) is 0 Å². The first kappa shape index (κ1) is 21.7. The molecule has 2 aromatic carbocycles. The number of likely N-dealkylation sites (N-methyl/N-ethyl adjacent to an activating group) is 1. The molecule has 30 heavy (non-hydrogen) atoms. The molecular weight excluding hydrogens is 417 g/mol. The zero-order valence-electron chi connectivity index (χ0n) is 17.9. The van der Waals surface area contributed by atoms with Crippen molar-refractivity contribution in [1.82, 2.24) is 4.90 Å². The lowest BCUT2D eigenvalue weighted by molar-refractivity contribution is -0.119. The van der Waals surface area contributed by atoms with Crippen LogP contribution >= 0.6 is 23.2 Å². The van der Waals surface area contributed by atoms with Crippen LogP contribution in [-0.4, -0.2) is 37.4 Å². The van der Waals surface area contributed by atoms with Gasteiger partial charge in [0.2, 0.25) is 0 Å². The van der Waals surface area contributed by atoms with Crippen molar-refractivity contribution in [3.8, 4) is 5.75 Å². The summed E-state index contributed by atoms with van der Waals surface area (Å²) < 4.78 is 5.52. The van der Waals surface area contributed by atoms with Crippen LogP contribution in [0.25, 0.3) is 0 Å². The molecule has 0 spiro atoms. The molecule has 1 heterocycles. The Morgan fingerprint density at radius 3 is 2.73 bits per heavy atom. The summed E-state index contributed by atoms with van der Waals surface area (Å²) in [4.78, 5) is 15.3. The zero-order chi connectivity index (χ0) is 21.5. The SMILES string of the molecule is COc1ccc2c(c1)[C@@]1(C)CCN(C)C(C2)[C@@H]1CCC(=O)Cc1ccc(Cl)c(Cl)c1. The Labute approximate surface area is 189 Å². The van der Waals surface area contributed by atoms with Crippen LogP contribution in [0.1, 0.15) is 42.9 Å². The van der Waals surface area contributed by atoms with E-state index in [2.05, 4.69) is 37.1 Å². The standard InChI is InChI=1S/C25H29Cl2NO2/c1-25-10-11-28(2)24(14-17-5-7-19(30-3)15-21(17)25)20(25)8-6-18(29)12-16-4-9-22(26)23(27)13-16/h4-5,7,9,13,15,20,24H,6,8,10-12,14H2,1-3H3/t20-,24?,25-/m0/s1. The lowest BCUT2D eigenvalue weighted by atomic mass is 9.57. The van der Waals surface area contributed by atoms with Crippen molar-refractivity contribution in [2.45, 2.75) is 50.5 Å². The molecule has 1 fully saturated rings. The molecule has 5 heteroatoms. The Balaban J connectivity index is 1.52. The number of ketones is 1. The number of hydrogen-bond acceptors (Lipinski definition) is 3. The maximum atomic E-state index is 12.8. The molecule has 1 aliphatic carbocycles. The lowest BCUT2D eigenvalue weighted by Gasteiger charge is -2.55. The van der Waals surface area contributed by atoms with E-state index in [0.717, 1.165) is 37.1 Å². The topological polar surface area (TPSA) is 29.5 Å². The summed E-state index contributed by atoms with van der Waals surface area (Å²) >= 11 is 12.1. The summed E-state index contributed by atoms with van der Waals surface area (Å²) in [6.45, 7) is 3.48.